The third-order valence-electron chi connectivity index (χ3n) is 2.89. The van der Waals surface area contributed by atoms with E-state index in [1.807, 2.05) is 0 Å². The van der Waals surface area contributed by atoms with Crippen LogP contribution in [0.3, 0.4) is 0 Å². The molecule has 0 saturated heterocycles. The molecule has 0 bridgehead atoms. The maximum Gasteiger partial charge on any atom is 0.303 e. The fourth-order valence-electron chi connectivity index (χ4n) is 1.91. The van der Waals surface area contributed by atoms with Crippen molar-refractivity contribution in [1.82, 2.24) is 0 Å². The van der Waals surface area contributed by atoms with Gasteiger partial charge < -0.3 is 9.47 Å². The molecule has 0 aliphatic rings. The van der Waals surface area contributed by atoms with Gasteiger partial charge in [0.05, 0.1) is 4.92 Å². The van der Waals surface area contributed by atoms with Crippen LogP contribution in [0.25, 0.3) is 0 Å². The van der Waals surface area contributed by atoms with Crippen molar-refractivity contribution in [2.45, 2.75) is 36.3 Å². The largest absolute Gasteiger partial charge is 0.458 e. The summed E-state index contributed by atoms with van der Waals surface area (Å²) in [6, 6.07) is 5.33. The van der Waals surface area contributed by atoms with Crippen LogP contribution < -0.4 is 0 Å². The Hall–Kier alpha value is -1.57. The van der Waals surface area contributed by atoms with Crippen molar-refractivity contribution in [3.05, 3.63) is 39.9 Å². The van der Waals surface area contributed by atoms with Crippen molar-refractivity contribution in [2.75, 3.05) is 0 Å². The summed E-state index contributed by atoms with van der Waals surface area (Å²) >= 11 is 17.4. The summed E-state index contributed by atoms with van der Waals surface area (Å²) < 4.78 is 8.20. The summed E-state index contributed by atoms with van der Waals surface area (Å²) in [5, 5.41) is 10.7. The van der Waals surface area contributed by atoms with E-state index in [4.69, 9.17) is 44.3 Å². The molecule has 0 N–H and O–H groups in total. The van der Waals surface area contributed by atoms with Crippen LogP contribution in [-0.2, 0) is 19.1 Å². The van der Waals surface area contributed by atoms with Crippen molar-refractivity contribution >= 4 is 52.4 Å². The first-order valence-corrected chi connectivity index (χ1v) is 7.79. The number of alkyl halides is 3. The van der Waals surface area contributed by atoms with Crippen LogP contribution in [0.15, 0.2) is 24.3 Å². The molecule has 0 saturated carbocycles. The zero-order chi connectivity index (χ0) is 18.5. The van der Waals surface area contributed by atoms with Crippen LogP contribution in [0.4, 0.5) is 5.69 Å². The zero-order valence-electron chi connectivity index (χ0n) is 12.7. The molecule has 0 spiro atoms. The van der Waals surface area contributed by atoms with Crippen LogP contribution >= 0.6 is 34.8 Å². The highest BCUT2D eigenvalue weighted by molar-refractivity contribution is 6.68. The molecular weight excluding hydrogens is 385 g/mol. The van der Waals surface area contributed by atoms with E-state index < -0.39 is 32.9 Å². The first-order chi connectivity index (χ1) is 11.0. The quantitative estimate of drug-likeness (QED) is 0.312. The molecular formula is C14H14Cl3NO6. The average molecular weight is 399 g/mol. The molecule has 1 aromatic carbocycles. The molecule has 1 aromatic rings. The van der Waals surface area contributed by atoms with Gasteiger partial charge in [0.2, 0.25) is 3.79 Å². The molecule has 0 radical (unpaired) electrons. The topological polar surface area (TPSA) is 95.7 Å². The summed E-state index contributed by atoms with van der Waals surface area (Å²) in [4.78, 5) is 32.6. The zero-order valence-corrected chi connectivity index (χ0v) is 15.0. The number of nitro benzene ring substituents is 1. The summed E-state index contributed by atoms with van der Waals surface area (Å²) in [7, 11) is 0. The maximum absolute atomic E-state index is 11.3. The number of halogens is 3. The lowest BCUT2D eigenvalue weighted by molar-refractivity contribution is -0.384. The third kappa shape index (κ3) is 6.51. The molecule has 0 aliphatic heterocycles. The molecule has 7 nitrogen and oxygen atoms in total. The third-order valence-corrected chi connectivity index (χ3v) is 3.62. The number of rotatable bonds is 6. The van der Waals surface area contributed by atoms with Crippen molar-refractivity contribution in [3.63, 3.8) is 0 Å². The average Bonchev–Trinajstić information content (AvgIpc) is 2.44. The van der Waals surface area contributed by atoms with E-state index in [0.717, 1.165) is 6.92 Å². The number of nitrogens with zero attached hydrogens (tertiary/aromatic N) is 1. The highest BCUT2D eigenvalue weighted by atomic mass is 35.6. The monoisotopic (exact) mass is 397 g/mol. The van der Waals surface area contributed by atoms with Crippen LogP contribution in [-0.4, -0.2) is 26.8 Å². The van der Waals surface area contributed by atoms with Crippen molar-refractivity contribution in [2.24, 2.45) is 0 Å². The fraction of sp³-hybridized carbons (Fsp3) is 0.429. The summed E-state index contributed by atoms with van der Waals surface area (Å²) in [6.45, 7) is 2.34. The van der Waals surface area contributed by atoms with Crippen molar-refractivity contribution in [3.8, 4) is 0 Å². The van der Waals surface area contributed by atoms with Gasteiger partial charge in [-0.3, -0.25) is 19.7 Å². The summed E-state index contributed by atoms with van der Waals surface area (Å²) in [5.41, 5.74) is 0.306. The molecule has 1 rings (SSSR count). The smallest absolute Gasteiger partial charge is 0.303 e. The number of carbonyl (C=O) groups is 2. The van der Waals surface area contributed by atoms with E-state index in [1.165, 1.54) is 31.2 Å². The highest BCUT2D eigenvalue weighted by Gasteiger charge is 2.38. The van der Waals surface area contributed by atoms with Crippen molar-refractivity contribution < 1.29 is 24.0 Å². The van der Waals surface area contributed by atoms with Crippen LogP contribution in [0.5, 0.6) is 0 Å². The van der Waals surface area contributed by atoms with Gasteiger partial charge in [-0.15, -0.1) is 0 Å². The normalized spacial score (nSPS) is 13.7. The minimum absolute atomic E-state index is 0.127. The van der Waals surface area contributed by atoms with Crippen LogP contribution in [0.2, 0.25) is 0 Å². The molecule has 0 aliphatic carbocycles. The van der Waals surface area contributed by atoms with Gasteiger partial charge in [0.15, 0.2) is 6.10 Å². The predicted molar refractivity (Wildman–Crippen MR) is 88.1 cm³/mol. The standard InChI is InChI=1S/C14H14Cl3NO6/c1-8(19)23-12(7-13(14(15,16)17)24-9(2)20)10-3-5-11(6-4-10)18(21)22/h3-6,12-13H,7H2,1-2H3/t12-,13-/m1/s1. The second-order valence-electron chi connectivity index (χ2n) is 4.82. The fourth-order valence-corrected chi connectivity index (χ4v) is 2.31. The lowest BCUT2D eigenvalue weighted by Crippen LogP contribution is -2.33. The molecule has 132 valence electrons. The van der Waals surface area contributed by atoms with E-state index in [2.05, 4.69) is 0 Å². The summed E-state index contributed by atoms with van der Waals surface area (Å²) in [6.07, 6.45) is -2.23. The van der Waals surface area contributed by atoms with Gasteiger partial charge in [0, 0.05) is 32.4 Å². The Labute approximate surface area is 152 Å². The van der Waals surface area contributed by atoms with Crippen molar-refractivity contribution in [1.29, 1.82) is 0 Å². The number of hydrogen-bond acceptors (Lipinski definition) is 6. The second-order valence-corrected chi connectivity index (χ2v) is 7.19. The molecule has 0 unspecified atom stereocenters. The summed E-state index contributed by atoms with van der Waals surface area (Å²) in [5.74, 6) is -1.28. The first-order valence-electron chi connectivity index (χ1n) is 6.66. The van der Waals surface area contributed by atoms with E-state index in [1.54, 1.807) is 0 Å². The highest BCUT2D eigenvalue weighted by Crippen LogP contribution is 2.38. The Morgan fingerprint density at radius 2 is 1.62 bits per heavy atom. The first kappa shape index (κ1) is 20.5. The minimum Gasteiger partial charge on any atom is -0.458 e. The van der Waals surface area contributed by atoms with Crippen LogP contribution in [0, 0.1) is 10.1 Å². The Balaban J connectivity index is 3.08. The van der Waals surface area contributed by atoms with E-state index in [9.17, 15) is 19.7 Å². The molecule has 0 fully saturated rings. The van der Waals surface area contributed by atoms with E-state index in [-0.39, 0.29) is 12.1 Å². The Kier molecular flexibility index (Phi) is 7.26. The molecule has 0 amide bonds. The number of ether oxygens (including phenoxy) is 2. The minimum atomic E-state index is -1.94. The SMILES string of the molecule is CC(=O)O[C@H](C[C@@H](OC(C)=O)C(Cl)(Cl)Cl)c1ccc([N+](=O)[O-])cc1. The van der Waals surface area contributed by atoms with Crippen LogP contribution in [0.1, 0.15) is 31.9 Å². The number of non-ortho nitro benzene ring substituents is 1. The van der Waals surface area contributed by atoms with Gasteiger partial charge in [0.1, 0.15) is 6.10 Å². The van der Waals surface area contributed by atoms with Gasteiger partial charge >= 0.3 is 11.9 Å². The number of benzene rings is 1. The number of carbonyl (C=O) groups excluding carboxylic acids is 2. The lowest BCUT2D eigenvalue weighted by Gasteiger charge is -2.28. The number of esters is 2. The van der Waals surface area contributed by atoms with Gasteiger partial charge in [-0.05, 0) is 17.7 Å². The Morgan fingerprint density at radius 3 is 2.00 bits per heavy atom. The van der Waals surface area contributed by atoms with E-state index in [0.29, 0.717) is 5.56 Å². The van der Waals surface area contributed by atoms with Gasteiger partial charge in [-0.1, -0.05) is 34.8 Å². The molecule has 0 heterocycles. The Morgan fingerprint density at radius 1 is 1.12 bits per heavy atom. The van der Waals surface area contributed by atoms with Gasteiger partial charge in [0.25, 0.3) is 5.69 Å². The second kappa shape index (κ2) is 8.50. The lowest BCUT2D eigenvalue weighted by atomic mass is 10.0. The van der Waals surface area contributed by atoms with E-state index >= 15 is 0 Å². The molecule has 24 heavy (non-hydrogen) atoms. The Bertz CT molecular complexity index is 614. The molecule has 2 atom stereocenters. The van der Waals surface area contributed by atoms with Gasteiger partial charge in [-0.2, -0.15) is 0 Å². The molecule has 10 heteroatoms. The number of hydrogen-bond donors (Lipinski definition) is 0. The number of nitro groups is 1. The maximum atomic E-state index is 11.3. The van der Waals surface area contributed by atoms with Gasteiger partial charge in [-0.25, -0.2) is 0 Å². The predicted octanol–water partition coefficient (Wildman–Crippen LogP) is 3.89. The molecule has 0 aromatic heterocycles.